The van der Waals surface area contributed by atoms with Crippen molar-refractivity contribution in [3.63, 3.8) is 0 Å². The number of piperidine rings is 1. The first-order valence-electron chi connectivity index (χ1n) is 26.8. The lowest BCUT2D eigenvalue weighted by Gasteiger charge is -2.43. The maximum absolute atomic E-state index is 14.5. The molecule has 15 atom stereocenters. The van der Waals surface area contributed by atoms with E-state index >= 15 is 0 Å². The number of rotatable bonds is 14. The van der Waals surface area contributed by atoms with E-state index in [0.717, 1.165) is 5.57 Å². The van der Waals surface area contributed by atoms with Gasteiger partial charge in [0.1, 0.15) is 30.1 Å². The molecule has 0 unspecified atom stereocenters. The summed E-state index contributed by atoms with van der Waals surface area (Å²) in [6.45, 7) is 13.8. The van der Waals surface area contributed by atoms with Crippen molar-refractivity contribution < 1.29 is 77.6 Å². The van der Waals surface area contributed by atoms with Crippen molar-refractivity contribution in [1.82, 2.24) is 4.90 Å². The van der Waals surface area contributed by atoms with Gasteiger partial charge < -0.3 is 58.5 Å². The molecule has 4 rings (SSSR count). The van der Waals surface area contributed by atoms with Gasteiger partial charge >= 0.3 is 5.97 Å². The van der Waals surface area contributed by atoms with Crippen molar-refractivity contribution in [3.05, 3.63) is 47.6 Å². The number of amides is 1. The molecule has 3 fully saturated rings. The predicted octanol–water partition coefficient (Wildman–Crippen LogP) is 5.58. The smallest absolute Gasteiger partial charge is 0.329 e. The van der Waals surface area contributed by atoms with Crippen LogP contribution in [0.5, 0.6) is 0 Å². The van der Waals surface area contributed by atoms with E-state index in [1.165, 1.54) is 12.0 Å². The molecule has 4 aliphatic rings. The Morgan fingerprint density at radius 1 is 0.822 bits per heavy atom. The van der Waals surface area contributed by atoms with Gasteiger partial charge in [-0.05, 0) is 107 Å². The first-order valence-corrected chi connectivity index (χ1v) is 26.8. The molecular formula is C56H89NO16. The highest BCUT2D eigenvalue weighted by Crippen LogP contribution is 2.38. The van der Waals surface area contributed by atoms with E-state index in [1.54, 1.807) is 40.9 Å². The SMILES string of the molecule is CO[C@@H]1C[C@H](C[C@@H](C)[C@@H]2CC(=O)[C@H](C)/C=C(\C)[C@H](O)[C@@H](OC)C(=O)[C@H](C)C[C@H](C)/C=C/C=C/C=C(\C)[C@H](OCCOCCOCCO)C[C@@H]3CC[C@@H](C)[C@@](O)(O3)C(=O)C(=O)N3CCCC[C@H]3C(=O)O2)CC[C@H]1O. The van der Waals surface area contributed by atoms with E-state index < -0.39 is 83.9 Å². The van der Waals surface area contributed by atoms with E-state index in [-0.39, 0.29) is 87.7 Å². The predicted molar refractivity (Wildman–Crippen MR) is 273 cm³/mol. The second-order valence-electron chi connectivity index (χ2n) is 21.2. The minimum absolute atomic E-state index is 0.0192. The van der Waals surface area contributed by atoms with Crippen LogP contribution in [-0.2, 0) is 57.1 Å². The van der Waals surface area contributed by atoms with Crippen molar-refractivity contribution in [1.29, 1.82) is 0 Å². The molecule has 0 aromatic carbocycles. The molecule has 414 valence electrons. The normalized spacial score (nSPS) is 37.3. The standard InChI is InChI=1S/C56H89NO16/c1-35-15-11-10-12-16-36(2)47(71-28-27-70-26-25-69-24-23-58)33-43-20-18-41(7)56(66,73-43)53(63)54(64)57-22-14-13-17-44(57)55(65)72-48(38(4)31-42-19-21-45(59)49(32-42)67-8)34-46(60)37(3)30-40(6)51(62)52(68-9)50(61)39(5)29-35/h10-12,15-16,30,35,37-39,41-45,47-49,51-52,58-59,62,66H,13-14,17-29,31-34H2,1-9H3/b12-10+,15-11+,36-16+,40-30+/t35-,37-,38-,39-,41-,42+,43+,44+,45-,47-,48+,49-,51+,52+,56-/m1/s1. The highest BCUT2D eigenvalue weighted by Gasteiger charge is 2.53. The Hall–Kier alpha value is -3.49. The van der Waals surface area contributed by atoms with Crippen molar-refractivity contribution in [2.24, 2.45) is 35.5 Å². The summed E-state index contributed by atoms with van der Waals surface area (Å²) in [5, 5.41) is 43.1. The fourth-order valence-electron chi connectivity index (χ4n) is 10.7. The zero-order valence-corrected chi connectivity index (χ0v) is 45.1. The highest BCUT2D eigenvalue weighted by molar-refractivity contribution is 6.39. The average Bonchev–Trinajstić information content (AvgIpc) is 3.37. The number of ketones is 3. The largest absolute Gasteiger partial charge is 0.460 e. The third-order valence-electron chi connectivity index (χ3n) is 15.3. The zero-order valence-electron chi connectivity index (χ0n) is 45.1. The third-order valence-corrected chi connectivity index (χ3v) is 15.3. The van der Waals surface area contributed by atoms with Crippen LogP contribution in [-0.4, -0.2) is 170 Å². The number of hydrogen-bond donors (Lipinski definition) is 4. The number of fused-ring (bicyclic) bond motifs is 3. The number of cyclic esters (lactones) is 1. The minimum Gasteiger partial charge on any atom is -0.460 e. The van der Waals surface area contributed by atoms with Crippen LogP contribution < -0.4 is 0 Å². The molecule has 1 amide bonds. The molecule has 73 heavy (non-hydrogen) atoms. The van der Waals surface area contributed by atoms with E-state index in [0.29, 0.717) is 76.6 Å². The average molecular weight is 1030 g/mol. The highest BCUT2D eigenvalue weighted by atomic mass is 16.6. The number of methoxy groups -OCH3 is 2. The lowest BCUT2D eigenvalue weighted by atomic mass is 9.78. The summed E-state index contributed by atoms with van der Waals surface area (Å²) in [6, 6.07) is -1.17. The Balaban J connectivity index is 1.69. The van der Waals surface area contributed by atoms with Crippen LogP contribution in [0.4, 0.5) is 0 Å². The first kappa shape index (κ1) is 62.1. The van der Waals surface area contributed by atoms with Gasteiger partial charge in [-0.25, -0.2) is 4.79 Å². The van der Waals surface area contributed by atoms with Crippen LogP contribution in [0.2, 0.25) is 0 Å². The molecule has 17 nitrogen and oxygen atoms in total. The number of nitrogens with zero attached hydrogens (tertiary/aromatic N) is 1. The number of ether oxygens (including phenoxy) is 7. The Morgan fingerprint density at radius 2 is 1.53 bits per heavy atom. The number of esters is 1. The van der Waals surface area contributed by atoms with E-state index in [1.807, 2.05) is 51.2 Å². The molecule has 3 heterocycles. The van der Waals surface area contributed by atoms with Gasteiger partial charge in [0, 0.05) is 51.4 Å². The van der Waals surface area contributed by atoms with Crippen LogP contribution in [0.3, 0.4) is 0 Å². The molecule has 2 bridgehead atoms. The lowest BCUT2D eigenvalue weighted by molar-refractivity contribution is -0.266. The number of carbonyl (C=O) groups is 5. The number of aliphatic hydroxyl groups is 4. The Morgan fingerprint density at radius 3 is 2.23 bits per heavy atom. The minimum atomic E-state index is -2.49. The van der Waals surface area contributed by atoms with Crippen LogP contribution in [0.1, 0.15) is 126 Å². The second-order valence-corrected chi connectivity index (χ2v) is 21.2. The summed E-state index contributed by atoms with van der Waals surface area (Å²) in [5.74, 6) is -8.31. The quantitative estimate of drug-likeness (QED) is 0.0720. The Labute approximate surface area is 434 Å². The zero-order chi connectivity index (χ0) is 53.8. The molecule has 1 saturated carbocycles. The molecule has 2 saturated heterocycles. The topological polar surface area (TPSA) is 234 Å². The summed E-state index contributed by atoms with van der Waals surface area (Å²) < 4.78 is 41.0. The molecule has 1 aliphatic carbocycles. The fourth-order valence-corrected chi connectivity index (χ4v) is 10.7. The molecule has 17 heteroatoms. The van der Waals surface area contributed by atoms with Crippen LogP contribution in [0.15, 0.2) is 47.6 Å². The van der Waals surface area contributed by atoms with Crippen molar-refractivity contribution in [3.8, 4) is 0 Å². The van der Waals surface area contributed by atoms with E-state index in [9.17, 15) is 39.3 Å². The Kier molecular flexibility index (Phi) is 26.3. The molecule has 0 spiro atoms. The van der Waals surface area contributed by atoms with Gasteiger partial charge in [0.2, 0.25) is 5.79 Å². The number of hydrogen-bond acceptors (Lipinski definition) is 16. The molecule has 3 aliphatic heterocycles. The lowest BCUT2D eigenvalue weighted by Crippen LogP contribution is -2.61. The number of carbonyl (C=O) groups excluding carboxylic acids is 5. The van der Waals surface area contributed by atoms with Gasteiger partial charge in [-0.15, -0.1) is 0 Å². The molecular weight excluding hydrogens is 943 g/mol. The maximum Gasteiger partial charge on any atom is 0.329 e. The summed E-state index contributed by atoms with van der Waals surface area (Å²) in [6.07, 6.45) is 10.4. The molecule has 0 aromatic heterocycles. The molecule has 4 N–H and O–H groups in total. The van der Waals surface area contributed by atoms with Crippen LogP contribution >= 0.6 is 0 Å². The Bertz CT molecular complexity index is 1900. The van der Waals surface area contributed by atoms with E-state index in [2.05, 4.69) is 0 Å². The van der Waals surface area contributed by atoms with Crippen molar-refractivity contribution in [2.45, 2.75) is 180 Å². The van der Waals surface area contributed by atoms with Gasteiger partial charge in [-0.3, -0.25) is 19.2 Å². The second kappa shape index (κ2) is 30.9. The van der Waals surface area contributed by atoms with Gasteiger partial charge in [-0.2, -0.15) is 0 Å². The molecule has 0 radical (unpaired) electrons. The summed E-state index contributed by atoms with van der Waals surface area (Å²) in [4.78, 5) is 72.5. The number of Topliss-reactive ketones (excluding diaryl/α,β-unsaturated/α-hetero) is 3. The van der Waals surface area contributed by atoms with E-state index in [4.69, 9.17) is 38.3 Å². The van der Waals surface area contributed by atoms with Gasteiger partial charge in [0.15, 0.2) is 5.78 Å². The number of allylic oxidation sites excluding steroid dienone is 6. The van der Waals surface area contributed by atoms with Crippen LogP contribution in [0.25, 0.3) is 0 Å². The van der Waals surface area contributed by atoms with Gasteiger partial charge in [0.05, 0.1) is 64.1 Å². The third kappa shape index (κ3) is 18.4. The number of aliphatic hydroxyl groups excluding tert-OH is 3. The maximum atomic E-state index is 14.5. The van der Waals surface area contributed by atoms with Crippen LogP contribution in [0, 0.1) is 35.5 Å². The molecule has 0 aromatic rings. The summed E-state index contributed by atoms with van der Waals surface area (Å²) in [5.41, 5.74) is 1.20. The van der Waals surface area contributed by atoms with Gasteiger partial charge in [0.25, 0.3) is 11.7 Å². The summed E-state index contributed by atoms with van der Waals surface area (Å²) >= 11 is 0. The van der Waals surface area contributed by atoms with Gasteiger partial charge in [-0.1, -0.05) is 71.1 Å². The summed E-state index contributed by atoms with van der Waals surface area (Å²) in [7, 11) is 2.93. The van der Waals surface area contributed by atoms with Crippen molar-refractivity contribution >= 4 is 29.2 Å². The fraction of sp³-hybridized carbons (Fsp3) is 0.768. The first-order chi connectivity index (χ1) is 34.7. The van der Waals surface area contributed by atoms with Crippen molar-refractivity contribution in [2.75, 3.05) is 60.4 Å². The monoisotopic (exact) mass is 1030 g/mol.